The number of rotatable bonds is 5. The predicted molar refractivity (Wildman–Crippen MR) is 70.7 cm³/mol. The van der Waals surface area contributed by atoms with Gasteiger partial charge < -0.3 is 0 Å². The van der Waals surface area contributed by atoms with Gasteiger partial charge >= 0.3 is 102 Å². The average molecular weight is 330 g/mol. The van der Waals surface area contributed by atoms with Crippen molar-refractivity contribution in [1.29, 1.82) is 0 Å². The molecule has 0 N–H and O–H groups in total. The molecule has 0 aliphatic carbocycles. The van der Waals surface area contributed by atoms with E-state index in [9.17, 15) is 0 Å². The quantitative estimate of drug-likeness (QED) is 0.336. The number of hydrogen-bond acceptors (Lipinski definition) is 3. The van der Waals surface area contributed by atoms with Gasteiger partial charge in [0.05, 0.1) is 0 Å². The van der Waals surface area contributed by atoms with Crippen LogP contribution in [0.15, 0.2) is 29.5 Å². The van der Waals surface area contributed by atoms with Gasteiger partial charge in [-0.2, -0.15) is 0 Å². The summed E-state index contributed by atoms with van der Waals surface area (Å²) in [6.45, 7) is 5.14. The third-order valence-electron chi connectivity index (χ3n) is 2.40. The molecule has 1 heterocycles. The Balaban J connectivity index is 2.72. The molecule has 0 aromatic heterocycles. The molecule has 4 heteroatoms. The second kappa shape index (κ2) is 5.87. The first-order valence-electron chi connectivity index (χ1n) is 5.53. The fraction of sp³-hybridized carbons (Fsp3) is 0.583. The normalized spacial score (nSPS) is 19.2. The number of aliphatic imine (C=N–C) groups is 1. The third kappa shape index (κ3) is 3.94. The SMILES string of the molecule is C=C/C(=C\[C](=NC)[Sn]([CH3])([CH3])[CH3])OC1COC1. The van der Waals surface area contributed by atoms with Crippen LogP contribution in [0.4, 0.5) is 0 Å². The van der Waals surface area contributed by atoms with Crippen LogP contribution in [0.1, 0.15) is 0 Å². The first-order chi connectivity index (χ1) is 7.47. The van der Waals surface area contributed by atoms with Crippen molar-refractivity contribution in [3.8, 4) is 0 Å². The van der Waals surface area contributed by atoms with E-state index >= 15 is 0 Å². The number of allylic oxidation sites excluding steroid dienone is 2. The Kier molecular flexibility index (Phi) is 5.05. The number of nitrogens with zero attached hydrogens (tertiary/aromatic N) is 1. The Bertz CT molecular complexity index is 311. The van der Waals surface area contributed by atoms with Gasteiger partial charge in [-0.05, 0) is 0 Å². The standard InChI is InChI=1S/C9H12NO2.3CH3.Sn/c1-3-8(4-5-10-2)12-9-6-11-7-9;;;;/h3-4,9H,1,6-7H2,2H3;3*1H3;/b8-4+,10-5?;;;;. The molecular formula is C12H21NO2Sn. The molecule has 1 fully saturated rings. The minimum absolute atomic E-state index is 0.192. The Morgan fingerprint density at radius 3 is 2.38 bits per heavy atom. The van der Waals surface area contributed by atoms with Crippen molar-refractivity contribution in [1.82, 2.24) is 0 Å². The van der Waals surface area contributed by atoms with Crippen LogP contribution in [0.3, 0.4) is 0 Å². The van der Waals surface area contributed by atoms with E-state index in [1.54, 1.807) is 6.08 Å². The van der Waals surface area contributed by atoms with Gasteiger partial charge in [0.15, 0.2) is 0 Å². The van der Waals surface area contributed by atoms with Gasteiger partial charge in [-0.3, -0.25) is 0 Å². The summed E-state index contributed by atoms with van der Waals surface area (Å²) in [4.78, 5) is 11.4. The van der Waals surface area contributed by atoms with Gasteiger partial charge in [0, 0.05) is 0 Å². The Morgan fingerprint density at radius 2 is 2.06 bits per heavy atom. The van der Waals surface area contributed by atoms with Crippen LogP contribution >= 0.6 is 0 Å². The van der Waals surface area contributed by atoms with E-state index in [1.807, 2.05) is 13.1 Å². The fourth-order valence-corrected chi connectivity index (χ4v) is 4.92. The maximum atomic E-state index is 5.73. The zero-order valence-electron chi connectivity index (χ0n) is 10.6. The summed E-state index contributed by atoms with van der Waals surface area (Å²) < 4.78 is 12.0. The van der Waals surface area contributed by atoms with E-state index in [2.05, 4.69) is 26.4 Å². The van der Waals surface area contributed by atoms with Crippen molar-refractivity contribution in [3.63, 3.8) is 0 Å². The first kappa shape index (κ1) is 13.8. The molecule has 0 amide bonds. The molecule has 1 aliphatic heterocycles. The second-order valence-corrected chi connectivity index (χ2v) is 19.2. The van der Waals surface area contributed by atoms with Crippen LogP contribution in [0.5, 0.6) is 0 Å². The van der Waals surface area contributed by atoms with Gasteiger partial charge in [-0.25, -0.2) is 0 Å². The molecule has 0 radical (unpaired) electrons. The van der Waals surface area contributed by atoms with Gasteiger partial charge in [0.1, 0.15) is 0 Å². The molecule has 1 rings (SSSR count). The van der Waals surface area contributed by atoms with Crippen molar-refractivity contribution in [2.45, 2.75) is 20.9 Å². The maximum absolute atomic E-state index is 5.73. The summed E-state index contributed by atoms with van der Waals surface area (Å²) >= 11 is -2.12. The zero-order chi connectivity index (χ0) is 12.2. The number of ether oxygens (including phenoxy) is 2. The van der Waals surface area contributed by atoms with E-state index in [0.717, 1.165) is 5.76 Å². The van der Waals surface area contributed by atoms with Crippen LogP contribution in [-0.4, -0.2) is 48.5 Å². The van der Waals surface area contributed by atoms with Crippen LogP contribution in [0, 0.1) is 0 Å². The van der Waals surface area contributed by atoms with Crippen molar-refractivity contribution >= 4 is 22.1 Å². The molecule has 0 unspecified atom stereocenters. The van der Waals surface area contributed by atoms with E-state index in [1.165, 1.54) is 3.73 Å². The van der Waals surface area contributed by atoms with Crippen LogP contribution in [-0.2, 0) is 9.47 Å². The molecule has 16 heavy (non-hydrogen) atoms. The molecule has 0 aromatic carbocycles. The minimum atomic E-state index is -2.12. The fourth-order valence-electron chi connectivity index (χ4n) is 1.37. The van der Waals surface area contributed by atoms with E-state index in [0.29, 0.717) is 13.2 Å². The molecular weight excluding hydrogens is 309 g/mol. The van der Waals surface area contributed by atoms with E-state index in [-0.39, 0.29) is 6.10 Å². The molecule has 0 spiro atoms. The molecule has 1 saturated heterocycles. The average Bonchev–Trinajstić information content (AvgIpc) is 2.13. The molecule has 0 saturated carbocycles. The summed E-state index contributed by atoms with van der Waals surface area (Å²) in [5, 5.41) is 0. The van der Waals surface area contributed by atoms with Gasteiger partial charge in [-0.15, -0.1) is 0 Å². The van der Waals surface area contributed by atoms with Gasteiger partial charge in [0.2, 0.25) is 0 Å². The molecule has 90 valence electrons. The van der Waals surface area contributed by atoms with Crippen molar-refractivity contribution < 1.29 is 9.47 Å². The summed E-state index contributed by atoms with van der Waals surface area (Å²) in [5.74, 6) is 0.820. The van der Waals surface area contributed by atoms with Gasteiger partial charge in [-0.1, -0.05) is 0 Å². The van der Waals surface area contributed by atoms with Crippen LogP contribution < -0.4 is 0 Å². The Morgan fingerprint density at radius 1 is 1.44 bits per heavy atom. The zero-order valence-corrected chi connectivity index (χ0v) is 13.5. The summed E-state index contributed by atoms with van der Waals surface area (Å²) in [6.07, 6.45) is 3.99. The van der Waals surface area contributed by atoms with Crippen molar-refractivity contribution in [2.24, 2.45) is 4.99 Å². The second-order valence-electron chi connectivity index (χ2n) is 4.89. The summed E-state index contributed by atoms with van der Waals surface area (Å²) in [6, 6.07) is 0. The summed E-state index contributed by atoms with van der Waals surface area (Å²) in [7, 11) is 1.85. The molecule has 0 bridgehead atoms. The topological polar surface area (TPSA) is 30.8 Å². The van der Waals surface area contributed by atoms with Crippen molar-refractivity contribution in [2.75, 3.05) is 20.3 Å². The Labute approximate surface area is 102 Å². The Hall–Kier alpha value is -0.291. The monoisotopic (exact) mass is 331 g/mol. The van der Waals surface area contributed by atoms with E-state index < -0.39 is 18.4 Å². The molecule has 3 nitrogen and oxygen atoms in total. The first-order valence-corrected chi connectivity index (χ1v) is 15.5. The predicted octanol–water partition coefficient (Wildman–Crippen LogP) is 2.42. The third-order valence-corrected chi connectivity index (χ3v) is 7.84. The number of hydrogen-bond donors (Lipinski definition) is 0. The molecule has 0 atom stereocenters. The molecule has 1 aliphatic rings. The summed E-state index contributed by atoms with van der Waals surface area (Å²) in [5.41, 5.74) is 0. The van der Waals surface area contributed by atoms with Crippen LogP contribution in [0.2, 0.25) is 14.8 Å². The van der Waals surface area contributed by atoms with E-state index in [4.69, 9.17) is 9.47 Å². The van der Waals surface area contributed by atoms with Crippen molar-refractivity contribution in [3.05, 3.63) is 24.5 Å². The van der Waals surface area contributed by atoms with Crippen LogP contribution in [0.25, 0.3) is 0 Å². The van der Waals surface area contributed by atoms with Gasteiger partial charge in [0.25, 0.3) is 0 Å². The molecule has 0 aromatic rings.